The topological polar surface area (TPSA) is 37.3 Å². The van der Waals surface area contributed by atoms with Gasteiger partial charge in [0, 0.05) is 0 Å². The average Bonchev–Trinajstić information content (AvgIpc) is 2.48. The Balaban J connectivity index is -0.000000827. The molecule has 0 aliphatic rings. The van der Waals surface area contributed by atoms with Gasteiger partial charge in [0.2, 0.25) is 0 Å². The molecule has 0 unspecified atom stereocenters. The number of hydrogen-bond acceptors (Lipinski definition) is 1. The molecular formula is C19H38CrO2. The van der Waals surface area contributed by atoms with Crippen LogP contribution in [0.5, 0.6) is 0 Å². The van der Waals surface area contributed by atoms with Crippen LogP contribution in [0.15, 0.2) is 0 Å². The van der Waals surface area contributed by atoms with Gasteiger partial charge in [-0.3, -0.25) is 0 Å². The minimum Gasteiger partial charge on any atom is -0.665 e. The molecule has 0 fully saturated rings. The normalized spacial score (nSPS) is 9.55. The largest absolute Gasteiger partial charge is 2.00 e. The van der Waals surface area contributed by atoms with Gasteiger partial charge < -0.3 is 16.8 Å². The Morgan fingerprint density at radius 1 is 0.682 bits per heavy atom. The second-order valence-corrected chi connectivity index (χ2v) is 5.89. The van der Waals surface area contributed by atoms with Gasteiger partial charge >= 0.3 is 17.4 Å². The summed E-state index contributed by atoms with van der Waals surface area (Å²) in [6, 6.07) is 0. The average molecular weight is 351 g/mol. The zero-order chi connectivity index (χ0) is 16.0. The number of unbranched alkanes of at least 4 members (excludes halogenated alkanes) is 15. The molecule has 0 saturated carbocycles. The Morgan fingerprint density at radius 3 is 1.14 bits per heavy atom. The third kappa shape index (κ3) is 32.1. The fraction of sp³-hybridized carbons (Fsp3) is 0.895. The number of aliphatic hydroxyl groups excluding tert-OH is 1. The molecule has 0 atom stereocenters. The first kappa shape index (κ1) is 26.9. The van der Waals surface area contributed by atoms with Gasteiger partial charge in [0.05, 0.1) is 0 Å². The van der Waals surface area contributed by atoms with Crippen LogP contribution in [0, 0.1) is 6.92 Å². The van der Waals surface area contributed by atoms with Crippen LogP contribution in [0.25, 0.3) is 0 Å². The molecule has 0 spiro atoms. The Bertz CT molecular complexity index is 159. The fourth-order valence-electron chi connectivity index (χ4n) is 2.55. The van der Waals surface area contributed by atoms with Crippen LogP contribution in [-0.4, -0.2) is 11.6 Å². The van der Waals surface area contributed by atoms with Crippen molar-refractivity contribution in [2.45, 2.75) is 110 Å². The van der Waals surface area contributed by atoms with Gasteiger partial charge in [0.25, 0.3) is 0 Å². The van der Waals surface area contributed by atoms with Crippen LogP contribution in [0.1, 0.15) is 110 Å². The maximum Gasteiger partial charge on any atom is 2.00 e. The van der Waals surface area contributed by atoms with E-state index >= 15 is 0 Å². The molecule has 0 aliphatic carbocycles. The molecule has 0 aromatic carbocycles. The molecule has 0 rings (SSSR count). The third-order valence-electron chi connectivity index (χ3n) is 3.85. The van der Waals surface area contributed by atoms with Gasteiger partial charge in [-0.15, -0.1) is 0 Å². The van der Waals surface area contributed by atoms with Crippen LogP contribution in [0.4, 0.5) is 0 Å². The van der Waals surface area contributed by atoms with Crippen LogP contribution >= 0.6 is 0 Å². The zero-order valence-electron chi connectivity index (χ0n) is 14.8. The minimum atomic E-state index is 0. The molecule has 0 bridgehead atoms. The van der Waals surface area contributed by atoms with Gasteiger partial charge in [-0.25, -0.2) is 0 Å². The van der Waals surface area contributed by atoms with Gasteiger partial charge in [0.1, 0.15) is 0 Å². The van der Waals surface area contributed by atoms with Crippen molar-refractivity contribution in [3.05, 3.63) is 6.92 Å². The van der Waals surface area contributed by atoms with Crippen molar-refractivity contribution < 1.29 is 27.3 Å². The summed E-state index contributed by atoms with van der Waals surface area (Å²) in [4.78, 5) is 8.24. The smallest absolute Gasteiger partial charge is 0.665 e. The van der Waals surface area contributed by atoms with Gasteiger partial charge in [-0.1, -0.05) is 110 Å². The summed E-state index contributed by atoms with van der Waals surface area (Å²) in [6.07, 6.45) is 22.8. The maximum absolute atomic E-state index is 8.24. The molecule has 0 saturated heterocycles. The quantitative estimate of drug-likeness (QED) is 0.264. The molecule has 3 heteroatoms. The van der Waals surface area contributed by atoms with Gasteiger partial charge in [-0.2, -0.15) is 6.42 Å². The van der Waals surface area contributed by atoms with E-state index in [2.05, 4.69) is 13.8 Å². The second kappa shape index (κ2) is 29.1. The van der Waals surface area contributed by atoms with E-state index in [-0.39, 0.29) is 17.4 Å². The monoisotopic (exact) mass is 350 g/mol. The van der Waals surface area contributed by atoms with Crippen molar-refractivity contribution in [3.8, 4) is 0 Å². The summed E-state index contributed by atoms with van der Waals surface area (Å²) in [5, 5.41) is 6.76. The molecule has 0 aromatic heterocycles. The summed E-state index contributed by atoms with van der Waals surface area (Å²) in [5.74, 6) is 0. The first-order chi connectivity index (χ1) is 10.3. The molecule has 1 N–H and O–H groups in total. The van der Waals surface area contributed by atoms with E-state index in [9.17, 15) is 0 Å². The summed E-state index contributed by atoms with van der Waals surface area (Å²) >= 11 is 0. The minimum absolute atomic E-state index is 0. The molecule has 0 amide bonds. The van der Waals surface area contributed by atoms with Crippen molar-refractivity contribution in [2.24, 2.45) is 0 Å². The van der Waals surface area contributed by atoms with Crippen molar-refractivity contribution in [1.29, 1.82) is 0 Å². The van der Waals surface area contributed by atoms with Gasteiger partial charge in [0.15, 0.2) is 0 Å². The summed E-state index contributed by atoms with van der Waals surface area (Å²) in [7, 11) is 0. The summed E-state index contributed by atoms with van der Waals surface area (Å²) in [5.41, 5.74) is 0. The predicted octanol–water partition coefficient (Wildman–Crippen LogP) is 6.69. The van der Waals surface area contributed by atoms with E-state index in [4.69, 9.17) is 9.90 Å². The zero-order valence-corrected chi connectivity index (χ0v) is 16.1. The Morgan fingerprint density at radius 2 is 0.909 bits per heavy atom. The maximum atomic E-state index is 8.24. The summed E-state index contributed by atoms with van der Waals surface area (Å²) in [6.45, 7) is 6.68. The number of rotatable bonds is 15. The van der Waals surface area contributed by atoms with Crippen LogP contribution < -0.4 is 0 Å². The Kier molecular flexibility index (Phi) is 35.5. The van der Waals surface area contributed by atoms with Crippen molar-refractivity contribution in [2.75, 3.05) is 0 Å². The Labute approximate surface area is 150 Å². The van der Waals surface area contributed by atoms with E-state index in [1.54, 1.807) is 0 Å². The molecule has 0 aliphatic heterocycles. The molecule has 0 aromatic rings. The van der Waals surface area contributed by atoms with Crippen LogP contribution in [0.3, 0.4) is 0 Å². The molecule has 22 heavy (non-hydrogen) atoms. The number of hydrogen-bond donors (Lipinski definition) is 1. The third-order valence-corrected chi connectivity index (χ3v) is 3.85. The van der Waals surface area contributed by atoms with Gasteiger partial charge in [-0.05, 0) is 0 Å². The molecule has 132 valence electrons. The van der Waals surface area contributed by atoms with Crippen LogP contribution in [0.2, 0.25) is 0 Å². The van der Waals surface area contributed by atoms with E-state index in [1.807, 2.05) is 0 Å². The van der Waals surface area contributed by atoms with E-state index in [1.165, 1.54) is 96.3 Å². The molecule has 2 nitrogen and oxygen atoms in total. The van der Waals surface area contributed by atoms with Crippen LogP contribution in [-0.2, 0) is 22.2 Å². The SMILES string of the molecule is O=[C-]O.[CH2-]CCCCCCCCCCCCCCCCC.[Cr+2]. The molecular weight excluding hydrogens is 312 g/mol. The predicted molar refractivity (Wildman–Crippen MR) is 93.2 cm³/mol. The van der Waals surface area contributed by atoms with E-state index in [0.717, 1.165) is 6.42 Å². The van der Waals surface area contributed by atoms with Crippen molar-refractivity contribution >= 4 is 6.47 Å². The first-order valence-electron chi connectivity index (χ1n) is 9.13. The molecule has 0 heterocycles. The standard InChI is InChI=1S/C18H37.CHO2.Cr/c1-3-5-7-9-11-13-15-17-18-16-14-12-10-8-6-4-2;2-1-3;/h1,3-18H2,2H3;(H,2,3);/q2*-1;+2. The van der Waals surface area contributed by atoms with Crippen molar-refractivity contribution in [3.63, 3.8) is 0 Å². The Hall–Kier alpha value is 0.00247. The van der Waals surface area contributed by atoms with E-state index < -0.39 is 0 Å². The summed E-state index contributed by atoms with van der Waals surface area (Å²) < 4.78 is 0. The second-order valence-electron chi connectivity index (χ2n) is 5.89. The van der Waals surface area contributed by atoms with E-state index in [0.29, 0.717) is 6.47 Å². The first-order valence-corrected chi connectivity index (χ1v) is 9.13. The van der Waals surface area contributed by atoms with Crippen molar-refractivity contribution in [1.82, 2.24) is 0 Å². The molecule has 0 radical (unpaired) electrons. The fourth-order valence-corrected chi connectivity index (χ4v) is 2.55.